The second-order valence-corrected chi connectivity index (χ2v) is 7.13. The molecule has 2 heteroatoms. The van der Waals surface area contributed by atoms with Gasteiger partial charge in [0.05, 0.1) is 4.95 Å². The lowest BCUT2D eigenvalue weighted by Crippen LogP contribution is -2.21. The third-order valence-electron chi connectivity index (χ3n) is 3.86. The highest BCUT2D eigenvalue weighted by Crippen LogP contribution is 2.15. The second-order valence-electron chi connectivity index (χ2n) is 6.08. The van der Waals surface area contributed by atoms with Gasteiger partial charge in [0.25, 0.3) is 0 Å². The number of rotatable bonds is 14. The fourth-order valence-corrected chi connectivity index (χ4v) is 2.74. The third-order valence-corrected chi connectivity index (χ3v) is 5.13. The maximum Gasteiger partial charge on any atom is 0.0650 e. The van der Waals surface area contributed by atoms with E-state index in [0.717, 1.165) is 0 Å². The number of hydrogen-bond acceptors (Lipinski definition) is 1. The minimum Gasteiger partial charge on any atom is -0.297 e. The van der Waals surface area contributed by atoms with Crippen molar-refractivity contribution in [2.24, 2.45) is 0 Å². The highest BCUT2D eigenvalue weighted by molar-refractivity contribution is 9.09. The Morgan fingerprint density at radius 2 is 1.05 bits per heavy atom. The van der Waals surface area contributed by atoms with Gasteiger partial charge in [-0.1, -0.05) is 99.9 Å². The Morgan fingerprint density at radius 1 is 0.684 bits per heavy atom. The first-order chi connectivity index (χ1) is 9.18. The molecule has 0 aliphatic heterocycles. The van der Waals surface area contributed by atoms with Crippen molar-refractivity contribution in [1.29, 1.82) is 0 Å². The Labute approximate surface area is 130 Å². The van der Waals surface area contributed by atoms with Crippen molar-refractivity contribution in [1.82, 2.24) is 4.90 Å². The Balaban J connectivity index is 3.03. The predicted octanol–water partition coefficient (Wildman–Crippen LogP) is 6.36. The molecule has 0 aliphatic rings. The van der Waals surface area contributed by atoms with Gasteiger partial charge in [-0.3, -0.25) is 4.90 Å². The smallest absolute Gasteiger partial charge is 0.0650 e. The van der Waals surface area contributed by atoms with E-state index in [4.69, 9.17) is 0 Å². The molecule has 0 spiro atoms. The molecule has 0 aromatic rings. The van der Waals surface area contributed by atoms with E-state index in [0.29, 0.717) is 4.95 Å². The maximum atomic E-state index is 3.70. The summed E-state index contributed by atoms with van der Waals surface area (Å²) in [6.07, 6.45) is 18.5. The van der Waals surface area contributed by atoms with E-state index in [9.17, 15) is 0 Å². The summed E-state index contributed by atoms with van der Waals surface area (Å²) in [6.45, 7) is 2.29. The van der Waals surface area contributed by atoms with Gasteiger partial charge < -0.3 is 0 Å². The summed E-state index contributed by atoms with van der Waals surface area (Å²) in [5.41, 5.74) is 0. The van der Waals surface area contributed by atoms with E-state index < -0.39 is 0 Å². The van der Waals surface area contributed by atoms with Gasteiger partial charge >= 0.3 is 0 Å². The number of nitrogens with zero attached hydrogens (tertiary/aromatic N) is 1. The molecule has 0 rings (SSSR count). The largest absolute Gasteiger partial charge is 0.297 e. The molecule has 0 bridgehead atoms. The predicted molar refractivity (Wildman–Crippen MR) is 92.1 cm³/mol. The van der Waals surface area contributed by atoms with Gasteiger partial charge in [0.2, 0.25) is 0 Å². The molecule has 19 heavy (non-hydrogen) atoms. The van der Waals surface area contributed by atoms with Gasteiger partial charge in [-0.2, -0.15) is 0 Å². The molecular weight excluding hydrogens is 298 g/mol. The first-order valence-electron chi connectivity index (χ1n) is 8.49. The molecule has 0 radical (unpaired) electrons. The van der Waals surface area contributed by atoms with Crippen molar-refractivity contribution in [3.05, 3.63) is 0 Å². The van der Waals surface area contributed by atoms with E-state index >= 15 is 0 Å². The van der Waals surface area contributed by atoms with Crippen LogP contribution < -0.4 is 0 Å². The Kier molecular flexibility index (Phi) is 15.2. The molecule has 0 saturated heterocycles. The maximum absolute atomic E-state index is 3.70. The van der Waals surface area contributed by atoms with Gasteiger partial charge in [-0.15, -0.1) is 0 Å². The van der Waals surface area contributed by atoms with E-state index in [-0.39, 0.29) is 0 Å². The second kappa shape index (κ2) is 14.8. The van der Waals surface area contributed by atoms with Crippen LogP contribution in [0.3, 0.4) is 0 Å². The molecule has 0 saturated carbocycles. The molecular formula is C17H36BrN. The Hall–Kier alpha value is 0.440. The quantitative estimate of drug-likeness (QED) is 0.203. The number of unbranched alkanes of at least 4 members (excludes halogenated alkanes) is 11. The summed E-state index contributed by atoms with van der Waals surface area (Å²) in [6, 6.07) is 0. The van der Waals surface area contributed by atoms with Gasteiger partial charge in [-0.05, 0) is 20.5 Å². The third kappa shape index (κ3) is 14.7. The lowest BCUT2D eigenvalue weighted by molar-refractivity contribution is 0.363. The zero-order valence-corrected chi connectivity index (χ0v) is 15.2. The van der Waals surface area contributed by atoms with E-state index in [2.05, 4.69) is 41.8 Å². The van der Waals surface area contributed by atoms with E-state index in [1.165, 1.54) is 83.5 Å². The topological polar surface area (TPSA) is 3.24 Å². The average molecular weight is 334 g/mol. The molecule has 116 valence electrons. The van der Waals surface area contributed by atoms with Crippen LogP contribution in [0.4, 0.5) is 0 Å². The summed E-state index contributed by atoms with van der Waals surface area (Å²) in [4.78, 5) is 2.81. The van der Waals surface area contributed by atoms with E-state index in [1.807, 2.05) is 0 Å². The van der Waals surface area contributed by atoms with Crippen LogP contribution in [0.25, 0.3) is 0 Å². The van der Waals surface area contributed by atoms with Crippen molar-refractivity contribution in [2.45, 2.75) is 95.3 Å². The van der Waals surface area contributed by atoms with Crippen molar-refractivity contribution in [3.8, 4) is 0 Å². The van der Waals surface area contributed by atoms with Gasteiger partial charge in [0.1, 0.15) is 0 Å². The molecule has 0 heterocycles. The molecule has 0 aromatic carbocycles. The first kappa shape index (κ1) is 19.4. The van der Waals surface area contributed by atoms with Crippen LogP contribution in [0.15, 0.2) is 0 Å². The normalized spacial score (nSPS) is 13.1. The monoisotopic (exact) mass is 333 g/mol. The highest BCUT2D eigenvalue weighted by atomic mass is 79.9. The lowest BCUT2D eigenvalue weighted by atomic mass is 10.0. The average Bonchev–Trinajstić information content (AvgIpc) is 2.39. The number of alkyl halides is 1. The van der Waals surface area contributed by atoms with Crippen LogP contribution in [-0.2, 0) is 0 Å². The molecule has 0 amide bonds. The fourth-order valence-electron chi connectivity index (χ4n) is 2.41. The molecule has 1 nitrogen and oxygen atoms in total. The summed E-state index contributed by atoms with van der Waals surface area (Å²) in [7, 11) is 4.28. The summed E-state index contributed by atoms with van der Waals surface area (Å²) in [5.74, 6) is 0. The van der Waals surface area contributed by atoms with Crippen LogP contribution in [0.2, 0.25) is 0 Å². The number of halogens is 1. The Bertz CT molecular complexity index is 171. The van der Waals surface area contributed by atoms with Crippen molar-refractivity contribution >= 4 is 15.9 Å². The number of hydrogen-bond donors (Lipinski definition) is 0. The van der Waals surface area contributed by atoms with Gasteiger partial charge in [0, 0.05) is 0 Å². The zero-order chi connectivity index (χ0) is 14.3. The van der Waals surface area contributed by atoms with Crippen LogP contribution in [0.5, 0.6) is 0 Å². The zero-order valence-electron chi connectivity index (χ0n) is 13.6. The van der Waals surface area contributed by atoms with Crippen LogP contribution in [-0.4, -0.2) is 23.9 Å². The molecule has 1 atom stereocenters. The van der Waals surface area contributed by atoms with Crippen LogP contribution in [0.1, 0.15) is 90.4 Å². The SMILES string of the molecule is CCCCCCCCCCCCCCC(Br)N(C)C. The summed E-state index contributed by atoms with van der Waals surface area (Å²) >= 11 is 3.70. The van der Waals surface area contributed by atoms with Crippen molar-refractivity contribution < 1.29 is 0 Å². The van der Waals surface area contributed by atoms with Crippen LogP contribution in [0, 0.1) is 0 Å². The molecule has 0 fully saturated rings. The minimum absolute atomic E-state index is 0.565. The molecule has 0 aliphatic carbocycles. The van der Waals surface area contributed by atoms with E-state index in [1.54, 1.807) is 0 Å². The van der Waals surface area contributed by atoms with Crippen LogP contribution >= 0.6 is 15.9 Å². The highest BCUT2D eigenvalue weighted by Gasteiger charge is 2.04. The standard InChI is InChI=1S/C17H36BrN/c1-4-5-6-7-8-9-10-11-12-13-14-15-16-17(18)19(2)3/h17H,4-16H2,1-3H3. The summed E-state index contributed by atoms with van der Waals surface area (Å²) < 4.78 is 0. The molecule has 0 N–H and O–H groups in total. The van der Waals surface area contributed by atoms with Crippen molar-refractivity contribution in [2.75, 3.05) is 14.1 Å². The van der Waals surface area contributed by atoms with Crippen molar-refractivity contribution in [3.63, 3.8) is 0 Å². The van der Waals surface area contributed by atoms with Gasteiger partial charge in [0.15, 0.2) is 0 Å². The minimum atomic E-state index is 0.565. The first-order valence-corrected chi connectivity index (χ1v) is 9.40. The van der Waals surface area contributed by atoms with Gasteiger partial charge in [-0.25, -0.2) is 0 Å². The summed E-state index contributed by atoms with van der Waals surface area (Å²) in [5, 5.41) is 0. The molecule has 1 unspecified atom stereocenters. The molecule has 0 aromatic heterocycles. The Morgan fingerprint density at radius 3 is 1.42 bits per heavy atom. The lowest BCUT2D eigenvalue weighted by Gasteiger charge is -2.17. The fraction of sp³-hybridized carbons (Fsp3) is 1.00.